The van der Waals surface area contributed by atoms with E-state index in [1.54, 1.807) is 4.90 Å². The molecular weight excluding hydrogens is 336 g/mol. The Balaban J connectivity index is 2.14. The van der Waals surface area contributed by atoms with E-state index in [1.807, 2.05) is 93.5 Å². The zero-order valence-corrected chi connectivity index (χ0v) is 16.3. The first kappa shape index (κ1) is 20.1. The lowest BCUT2D eigenvalue weighted by atomic mass is 10.1. The highest BCUT2D eigenvalue weighted by atomic mass is 16.2. The standard InChI is InChI=1S/C22H26N4O/c1-17(2)26(16-18-8-6-5-7-9-18)22(27)19(14-23)15-24-20-10-12-21(13-11-20)25(3)4/h5-13,15,17,24H,16H2,1-4H3/b19-15-. The zero-order chi connectivity index (χ0) is 19.8. The van der Waals surface area contributed by atoms with E-state index >= 15 is 0 Å². The molecule has 0 spiro atoms. The van der Waals surface area contributed by atoms with Gasteiger partial charge in [0.05, 0.1) is 0 Å². The smallest absolute Gasteiger partial charge is 0.266 e. The number of nitrogens with one attached hydrogen (secondary N) is 1. The molecule has 0 aliphatic carbocycles. The molecule has 0 fully saturated rings. The van der Waals surface area contributed by atoms with Crippen LogP contribution in [0.5, 0.6) is 0 Å². The molecule has 0 aromatic heterocycles. The minimum absolute atomic E-state index is 0.0196. The molecule has 0 aliphatic rings. The quantitative estimate of drug-likeness (QED) is 0.597. The molecule has 0 unspecified atom stereocenters. The fraction of sp³-hybridized carbons (Fsp3) is 0.273. The van der Waals surface area contributed by atoms with Crippen molar-refractivity contribution in [1.82, 2.24) is 4.90 Å². The Kier molecular flexibility index (Phi) is 7.01. The van der Waals surface area contributed by atoms with E-state index in [0.717, 1.165) is 16.9 Å². The van der Waals surface area contributed by atoms with Crippen molar-refractivity contribution in [2.75, 3.05) is 24.3 Å². The summed E-state index contributed by atoms with van der Waals surface area (Å²) >= 11 is 0. The van der Waals surface area contributed by atoms with Gasteiger partial charge in [-0.05, 0) is 43.7 Å². The highest BCUT2D eigenvalue weighted by Crippen LogP contribution is 2.17. The van der Waals surface area contributed by atoms with E-state index < -0.39 is 0 Å². The predicted octanol–water partition coefficient (Wildman–Crippen LogP) is 4.01. The van der Waals surface area contributed by atoms with Gasteiger partial charge >= 0.3 is 0 Å². The molecule has 5 nitrogen and oxygen atoms in total. The number of carbonyl (C=O) groups excluding carboxylic acids is 1. The van der Waals surface area contributed by atoms with Crippen LogP contribution in [0.15, 0.2) is 66.4 Å². The molecule has 140 valence electrons. The second-order valence-electron chi connectivity index (χ2n) is 6.77. The van der Waals surface area contributed by atoms with Gasteiger partial charge in [0, 0.05) is 44.3 Å². The molecule has 0 aliphatic heterocycles. The Morgan fingerprint density at radius 2 is 1.74 bits per heavy atom. The summed E-state index contributed by atoms with van der Waals surface area (Å²) in [5.41, 5.74) is 3.01. The van der Waals surface area contributed by atoms with Gasteiger partial charge in [-0.1, -0.05) is 30.3 Å². The van der Waals surface area contributed by atoms with Crippen LogP contribution >= 0.6 is 0 Å². The lowest BCUT2D eigenvalue weighted by Gasteiger charge is -2.26. The van der Waals surface area contributed by atoms with Gasteiger partial charge in [-0.2, -0.15) is 5.26 Å². The Hall–Kier alpha value is -3.26. The average Bonchev–Trinajstić information content (AvgIpc) is 2.67. The monoisotopic (exact) mass is 362 g/mol. The van der Waals surface area contributed by atoms with Gasteiger partial charge in [0.25, 0.3) is 5.91 Å². The van der Waals surface area contributed by atoms with Crippen LogP contribution in [0.2, 0.25) is 0 Å². The van der Waals surface area contributed by atoms with Crippen LogP contribution in [0.4, 0.5) is 11.4 Å². The number of hydrogen-bond acceptors (Lipinski definition) is 4. The van der Waals surface area contributed by atoms with Crippen molar-refractivity contribution in [2.45, 2.75) is 26.4 Å². The van der Waals surface area contributed by atoms with E-state index in [0.29, 0.717) is 6.54 Å². The Morgan fingerprint density at radius 3 is 2.26 bits per heavy atom. The fourth-order valence-corrected chi connectivity index (χ4v) is 2.58. The van der Waals surface area contributed by atoms with Crippen molar-refractivity contribution in [3.8, 4) is 6.07 Å². The number of anilines is 2. The van der Waals surface area contributed by atoms with Crippen LogP contribution in [0.25, 0.3) is 0 Å². The van der Waals surface area contributed by atoms with Gasteiger partial charge < -0.3 is 15.1 Å². The van der Waals surface area contributed by atoms with Gasteiger partial charge in [0.1, 0.15) is 11.6 Å². The van der Waals surface area contributed by atoms with Crippen LogP contribution in [0, 0.1) is 11.3 Å². The van der Waals surface area contributed by atoms with Crippen LogP contribution in [0.3, 0.4) is 0 Å². The molecule has 0 saturated carbocycles. The summed E-state index contributed by atoms with van der Waals surface area (Å²) in [7, 11) is 3.95. The molecule has 1 amide bonds. The summed E-state index contributed by atoms with van der Waals surface area (Å²) < 4.78 is 0. The second kappa shape index (κ2) is 9.44. The van der Waals surface area contributed by atoms with Gasteiger partial charge in [-0.25, -0.2) is 0 Å². The normalized spacial score (nSPS) is 11.0. The Morgan fingerprint density at radius 1 is 1.11 bits per heavy atom. The third-order valence-electron chi connectivity index (χ3n) is 4.20. The number of hydrogen-bond donors (Lipinski definition) is 1. The molecule has 0 saturated heterocycles. The maximum atomic E-state index is 12.9. The molecule has 1 N–H and O–H groups in total. The van der Waals surface area contributed by atoms with Gasteiger partial charge in [-0.3, -0.25) is 4.79 Å². The largest absolute Gasteiger partial charge is 0.378 e. The first-order valence-electron chi connectivity index (χ1n) is 8.91. The molecule has 5 heteroatoms. The maximum absolute atomic E-state index is 12.9. The van der Waals surface area contributed by atoms with Crippen molar-refractivity contribution in [2.24, 2.45) is 0 Å². The molecule has 0 bridgehead atoms. The summed E-state index contributed by atoms with van der Waals surface area (Å²) in [5, 5.41) is 12.5. The van der Waals surface area contributed by atoms with Crippen LogP contribution < -0.4 is 10.2 Å². The SMILES string of the molecule is CC(C)N(Cc1ccccc1)C(=O)/C(C#N)=C\Nc1ccc(N(C)C)cc1. The summed E-state index contributed by atoms with van der Waals surface area (Å²) in [6.07, 6.45) is 1.48. The minimum atomic E-state index is -0.284. The van der Waals surface area contributed by atoms with Crippen LogP contribution in [0.1, 0.15) is 19.4 Å². The predicted molar refractivity (Wildman–Crippen MR) is 110 cm³/mol. The zero-order valence-electron chi connectivity index (χ0n) is 16.3. The van der Waals surface area contributed by atoms with E-state index in [2.05, 4.69) is 5.32 Å². The maximum Gasteiger partial charge on any atom is 0.266 e. The van der Waals surface area contributed by atoms with Crippen molar-refractivity contribution in [3.05, 3.63) is 71.9 Å². The summed E-state index contributed by atoms with van der Waals surface area (Å²) in [5.74, 6) is -0.284. The minimum Gasteiger partial charge on any atom is -0.378 e. The molecule has 2 aromatic rings. The van der Waals surface area contributed by atoms with Crippen LogP contribution in [-0.2, 0) is 11.3 Å². The average molecular weight is 362 g/mol. The lowest BCUT2D eigenvalue weighted by molar-refractivity contribution is -0.129. The van der Waals surface area contributed by atoms with Crippen molar-refractivity contribution in [1.29, 1.82) is 5.26 Å². The van der Waals surface area contributed by atoms with Gasteiger partial charge in [-0.15, -0.1) is 0 Å². The van der Waals surface area contributed by atoms with Crippen molar-refractivity contribution < 1.29 is 4.79 Å². The molecule has 0 heterocycles. The summed E-state index contributed by atoms with van der Waals surface area (Å²) in [6.45, 7) is 4.36. The molecule has 27 heavy (non-hydrogen) atoms. The number of nitriles is 1. The van der Waals surface area contributed by atoms with Crippen LogP contribution in [-0.4, -0.2) is 30.9 Å². The molecule has 0 radical (unpaired) electrons. The molecule has 0 atom stereocenters. The van der Waals surface area contributed by atoms with Crippen molar-refractivity contribution >= 4 is 17.3 Å². The fourth-order valence-electron chi connectivity index (χ4n) is 2.58. The number of benzene rings is 2. The number of amides is 1. The Labute approximate surface area is 161 Å². The van der Waals surface area contributed by atoms with E-state index in [-0.39, 0.29) is 17.5 Å². The van der Waals surface area contributed by atoms with Gasteiger partial charge in [0.15, 0.2) is 0 Å². The number of rotatable bonds is 7. The number of nitrogens with zero attached hydrogens (tertiary/aromatic N) is 3. The van der Waals surface area contributed by atoms with E-state index in [9.17, 15) is 10.1 Å². The highest BCUT2D eigenvalue weighted by Gasteiger charge is 2.21. The number of carbonyl (C=O) groups is 1. The third-order valence-corrected chi connectivity index (χ3v) is 4.20. The second-order valence-corrected chi connectivity index (χ2v) is 6.77. The first-order valence-corrected chi connectivity index (χ1v) is 8.91. The van der Waals surface area contributed by atoms with E-state index in [1.165, 1.54) is 6.20 Å². The molecule has 2 rings (SSSR count). The topological polar surface area (TPSA) is 59.4 Å². The summed E-state index contributed by atoms with van der Waals surface area (Å²) in [4.78, 5) is 16.6. The third kappa shape index (κ3) is 5.61. The first-order chi connectivity index (χ1) is 12.9. The Bertz CT molecular complexity index is 818. The lowest BCUT2D eigenvalue weighted by Crippen LogP contribution is -2.37. The van der Waals surface area contributed by atoms with E-state index in [4.69, 9.17) is 0 Å². The highest BCUT2D eigenvalue weighted by molar-refractivity contribution is 5.97. The molecule has 2 aromatic carbocycles. The van der Waals surface area contributed by atoms with Crippen molar-refractivity contribution in [3.63, 3.8) is 0 Å². The summed E-state index contributed by atoms with van der Waals surface area (Å²) in [6, 6.07) is 19.5. The van der Waals surface area contributed by atoms with Gasteiger partial charge in [0.2, 0.25) is 0 Å². The molecular formula is C22H26N4O.